The first kappa shape index (κ1) is 17.7. The van der Waals surface area contributed by atoms with E-state index in [0.717, 1.165) is 54.4 Å². The number of furan rings is 1. The van der Waals surface area contributed by atoms with Gasteiger partial charge >= 0.3 is 6.03 Å². The maximum Gasteiger partial charge on any atom is 0.318 e. The third-order valence-corrected chi connectivity index (χ3v) is 5.55. The molecule has 4 heterocycles. The molecule has 0 aromatic carbocycles. The summed E-state index contributed by atoms with van der Waals surface area (Å²) in [7, 11) is 0. The molecule has 2 amide bonds. The smallest absolute Gasteiger partial charge is 0.318 e. The molecule has 0 aliphatic carbocycles. The van der Waals surface area contributed by atoms with Crippen LogP contribution in [0.2, 0.25) is 0 Å². The van der Waals surface area contributed by atoms with Gasteiger partial charge in [-0.1, -0.05) is 12.8 Å². The van der Waals surface area contributed by atoms with E-state index in [2.05, 4.69) is 20.3 Å². The topological polar surface area (TPSA) is 84.2 Å². The summed E-state index contributed by atoms with van der Waals surface area (Å²) in [5, 5.41) is 5.75. The molecule has 4 rings (SSSR count). The van der Waals surface area contributed by atoms with Crippen LogP contribution in [0.1, 0.15) is 43.2 Å². The summed E-state index contributed by atoms with van der Waals surface area (Å²) in [6.07, 6.45) is 10.8. The number of hydrogen-bond acceptors (Lipinski definition) is 6. The number of thiazole rings is 1. The van der Waals surface area contributed by atoms with Gasteiger partial charge in [-0.25, -0.2) is 9.78 Å². The zero-order valence-electron chi connectivity index (χ0n) is 14.9. The standard InChI is InChI=1S/C19H21N5O2S/c25-19(24-9-3-1-2-5-16(24)17-6-4-10-26-17)22-11-14-13-27-18(23-14)15-12-20-7-8-21-15/h4,6-8,10,12-13,16H,1-3,5,9,11H2,(H,22,25). The van der Waals surface area contributed by atoms with E-state index in [0.29, 0.717) is 6.54 Å². The molecule has 1 aliphatic rings. The average Bonchev–Trinajstić information content (AvgIpc) is 3.35. The lowest BCUT2D eigenvalue weighted by molar-refractivity contribution is 0.166. The molecule has 1 unspecified atom stereocenters. The van der Waals surface area contributed by atoms with Gasteiger partial charge in [-0.05, 0) is 25.0 Å². The SMILES string of the molecule is O=C(NCc1csc(-c2cnccn2)n1)N1CCCCCC1c1ccco1. The first-order valence-corrected chi connectivity index (χ1v) is 9.98. The minimum Gasteiger partial charge on any atom is -0.467 e. The minimum absolute atomic E-state index is 0.00640. The van der Waals surface area contributed by atoms with Crippen LogP contribution in [0, 0.1) is 0 Å². The Hall–Kier alpha value is -2.74. The Morgan fingerprint density at radius 2 is 2.30 bits per heavy atom. The lowest BCUT2D eigenvalue weighted by Gasteiger charge is -2.28. The maximum atomic E-state index is 12.8. The summed E-state index contributed by atoms with van der Waals surface area (Å²) in [5.74, 6) is 0.852. The van der Waals surface area contributed by atoms with E-state index in [1.807, 2.05) is 22.4 Å². The van der Waals surface area contributed by atoms with Gasteiger partial charge in [0.1, 0.15) is 16.5 Å². The third kappa shape index (κ3) is 4.16. The molecule has 0 bridgehead atoms. The van der Waals surface area contributed by atoms with Crippen molar-refractivity contribution in [3.63, 3.8) is 0 Å². The Morgan fingerprint density at radius 1 is 1.33 bits per heavy atom. The number of carbonyl (C=O) groups is 1. The van der Waals surface area contributed by atoms with Gasteiger partial charge in [0.15, 0.2) is 0 Å². The van der Waals surface area contributed by atoms with Crippen LogP contribution >= 0.6 is 11.3 Å². The zero-order valence-corrected chi connectivity index (χ0v) is 15.7. The van der Waals surface area contributed by atoms with Crippen LogP contribution in [-0.4, -0.2) is 32.4 Å². The van der Waals surface area contributed by atoms with Gasteiger partial charge in [0, 0.05) is 24.3 Å². The molecule has 3 aromatic heterocycles. The van der Waals surface area contributed by atoms with E-state index in [4.69, 9.17) is 4.42 Å². The summed E-state index contributed by atoms with van der Waals surface area (Å²) in [4.78, 5) is 27.6. The van der Waals surface area contributed by atoms with Crippen LogP contribution in [0.15, 0.2) is 46.8 Å². The highest BCUT2D eigenvalue weighted by molar-refractivity contribution is 7.13. The molecule has 1 saturated heterocycles. The van der Waals surface area contributed by atoms with Crippen molar-refractivity contribution in [3.05, 3.63) is 53.8 Å². The molecule has 0 spiro atoms. The minimum atomic E-state index is -0.0765. The molecule has 27 heavy (non-hydrogen) atoms. The molecule has 1 N–H and O–H groups in total. The first-order valence-electron chi connectivity index (χ1n) is 9.10. The highest BCUT2D eigenvalue weighted by Gasteiger charge is 2.28. The second-order valence-corrected chi connectivity index (χ2v) is 7.33. The number of carbonyl (C=O) groups excluding carboxylic acids is 1. The van der Waals surface area contributed by atoms with Gasteiger partial charge in [-0.3, -0.25) is 9.97 Å². The number of likely N-dealkylation sites (tertiary alicyclic amines) is 1. The van der Waals surface area contributed by atoms with Gasteiger partial charge in [0.2, 0.25) is 0 Å². The molecule has 1 fully saturated rings. The van der Waals surface area contributed by atoms with Crippen molar-refractivity contribution in [3.8, 4) is 10.7 Å². The van der Waals surface area contributed by atoms with Gasteiger partial charge in [-0.2, -0.15) is 0 Å². The van der Waals surface area contributed by atoms with Crippen LogP contribution in [0.25, 0.3) is 10.7 Å². The molecule has 140 valence electrons. The second kappa shape index (κ2) is 8.30. The van der Waals surface area contributed by atoms with Gasteiger partial charge in [-0.15, -0.1) is 11.3 Å². The van der Waals surface area contributed by atoms with Crippen molar-refractivity contribution in [2.75, 3.05) is 6.54 Å². The largest absolute Gasteiger partial charge is 0.467 e. The van der Waals surface area contributed by atoms with E-state index in [1.54, 1.807) is 24.9 Å². The van der Waals surface area contributed by atoms with Gasteiger partial charge in [0.05, 0.1) is 30.7 Å². The van der Waals surface area contributed by atoms with Crippen molar-refractivity contribution in [1.29, 1.82) is 0 Å². The molecular weight excluding hydrogens is 362 g/mol. The van der Waals surface area contributed by atoms with Gasteiger partial charge in [0.25, 0.3) is 0 Å². The zero-order chi connectivity index (χ0) is 18.5. The van der Waals surface area contributed by atoms with Crippen LogP contribution in [-0.2, 0) is 6.54 Å². The number of nitrogens with zero attached hydrogens (tertiary/aromatic N) is 4. The molecule has 1 aliphatic heterocycles. The summed E-state index contributed by atoms with van der Waals surface area (Å²) < 4.78 is 5.58. The molecule has 0 saturated carbocycles. The monoisotopic (exact) mass is 383 g/mol. The maximum absolute atomic E-state index is 12.8. The number of aromatic nitrogens is 3. The van der Waals surface area contributed by atoms with Crippen molar-refractivity contribution in [1.82, 2.24) is 25.2 Å². The number of urea groups is 1. The normalized spacial score (nSPS) is 17.5. The molecule has 3 aromatic rings. The predicted molar refractivity (Wildman–Crippen MR) is 102 cm³/mol. The van der Waals surface area contributed by atoms with Crippen molar-refractivity contribution in [2.24, 2.45) is 0 Å². The summed E-state index contributed by atoms with van der Waals surface area (Å²) in [5.41, 5.74) is 1.56. The number of rotatable bonds is 4. The van der Waals surface area contributed by atoms with E-state index in [1.165, 1.54) is 11.3 Å². The second-order valence-electron chi connectivity index (χ2n) is 6.47. The molecular formula is C19H21N5O2S. The Morgan fingerprint density at radius 3 is 3.11 bits per heavy atom. The third-order valence-electron chi connectivity index (χ3n) is 4.64. The number of hydrogen-bond donors (Lipinski definition) is 1. The van der Waals surface area contributed by atoms with Crippen molar-refractivity contribution in [2.45, 2.75) is 38.3 Å². The van der Waals surface area contributed by atoms with E-state index in [-0.39, 0.29) is 12.1 Å². The predicted octanol–water partition coefficient (Wildman–Crippen LogP) is 4.02. The Balaban J connectivity index is 1.41. The fourth-order valence-electron chi connectivity index (χ4n) is 3.31. The fraction of sp³-hybridized carbons (Fsp3) is 0.368. The van der Waals surface area contributed by atoms with Crippen LogP contribution < -0.4 is 5.32 Å². The van der Waals surface area contributed by atoms with E-state index in [9.17, 15) is 4.79 Å². The summed E-state index contributed by atoms with van der Waals surface area (Å²) in [6, 6.07) is 3.74. The van der Waals surface area contributed by atoms with E-state index < -0.39 is 0 Å². The van der Waals surface area contributed by atoms with Crippen LogP contribution in [0.3, 0.4) is 0 Å². The molecule has 1 atom stereocenters. The average molecular weight is 383 g/mol. The highest BCUT2D eigenvalue weighted by atomic mass is 32.1. The Kier molecular flexibility index (Phi) is 5.43. The fourth-order valence-corrected chi connectivity index (χ4v) is 4.09. The first-order chi connectivity index (χ1) is 13.3. The molecule has 8 heteroatoms. The van der Waals surface area contributed by atoms with Crippen LogP contribution in [0.5, 0.6) is 0 Å². The number of nitrogens with one attached hydrogen (secondary N) is 1. The molecule has 0 radical (unpaired) electrons. The van der Waals surface area contributed by atoms with Crippen molar-refractivity contribution < 1.29 is 9.21 Å². The quantitative estimate of drug-likeness (QED) is 0.735. The highest BCUT2D eigenvalue weighted by Crippen LogP contribution is 2.30. The van der Waals surface area contributed by atoms with Crippen LogP contribution in [0.4, 0.5) is 4.79 Å². The lowest BCUT2D eigenvalue weighted by atomic mass is 10.1. The van der Waals surface area contributed by atoms with Crippen molar-refractivity contribution >= 4 is 17.4 Å². The van der Waals surface area contributed by atoms with Gasteiger partial charge < -0.3 is 14.6 Å². The Labute approximate surface area is 161 Å². The molecule has 7 nitrogen and oxygen atoms in total. The summed E-state index contributed by atoms with van der Waals surface area (Å²) >= 11 is 1.50. The lowest BCUT2D eigenvalue weighted by Crippen LogP contribution is -2.41. The van der Waals surface area contributed by atoms with E-state index >= 15 is 0 Å². The summed E-state index contributed by atoms with van der Waals surface area (Å²) in [6.45, 7) is 1.12. The Bertz CT molecular complexity index is 865. The number of amides is 2.